The summed E-state index contributed by atoms with van der Waals surface area (Å²) in [6, 6.07) is 14.2. The Bertz CT molecular complexity index is 1430. The molecule has 3 heterocycles. The minimum Gasteiger partial charge on any atom is -0.480 e. The average Bonchev–Trinajstić information content (AvgIpc) is 3.54. The maximum absolute atomic E-state index is 12.4. The van der Waals surface area contributed by atoms with E-state index < -0.39 is 12.0 Å². The summed E-state index contributed by atoms with van der Waals surface area (Å²) in [6.45, 7) is 15.2. The Morgan fingerprint density at radius 1 is 1.09 bits per heavy atom. The van der Waals surface area contributed by atoms with Crippen LogP contribution in [0.15, 0.2) is 42.5 Å². The normalized spacial score (nSPS) is 21.4. The first-order valence-corrected chi connectivity index (χ1v) is 17.2. The molecule has 2 fully saturated rings. The number of hydrogen-bond acceptors (Lipinski definition) is 5. The number of aryl methyl sites for hydroxylation is 2. The molecule has 1 aromatic heterocycles. The van der Waals surface area contributed by atoms with Gasteiger partial charge in [-0.3, -0.25) is 9.69 Å². The molecule has 0 spiro atoms. The number of aromatic nitrogens is 1. The van der Waals surface area contributed by atoms with Crippen molar-refractivity contribution >= 4 is 40.5 Å². The molecule has 2 aromatic carbocycles. The molecule has 0 saturated carbocycles. The second kappa shape index (κ2) is 13.6. The van der Waals surface area contributed by atoms with E-state index in [4.69, 9.17) is 28.2 Å². The highest BCUT2D eigenvalue weighted by Crippen LogP contribution is 2.40. The molecule has 0 aliphatic carbocycles. The Morgan fingerprint density at radius 2 is 1.84 bits per heavy atom. The smallest absolute Gasteiger partial charge is 0.321 e. The second-order valence-corrected chi connectivity index (χ2v) is 15.5. The van der Waals surface area contributed by atoms with E-state index in [1.807, 2.05) is 50.3 Å². The average molecular weight is 643 g/mol. The zero-order chi connectivity index (χ0) is 30.9. The molecule has 43 heavy (non-hydrogen) atoms. The zero-order valence-corrected chi connectivity index (χ0v) is 28.4. The third-order valence-corrected chi connectivity index (χ3v) is 11.3. The third kappa shape index (κ3) is 7.65. The molecule has 2 aliphatic heterocycles. The number of benzene rings is 2. The number of carbonyl (C=O) groups is 1. The summed E-state index contributed by atoms with van der Waals surface area (Å²) in [5.74, 6) is 0.553. The van der Waals surface area contributed by atoms with E-state index in [-0.39, 0.29) is 5.41 Å². The first-order valence-electron chi connectivity index (χ1n) is 15.6. The lowest BCUT2D eigenvalue weighted by atomic mass is 9.85. The van der Waals surface area contributed by atoms with Crippen molar-refractivity contribution in [3.63, 3.8) is 0 Å². The quantitative estimate of drug-likeness (QED) is 0.255. The molecule has 0 bridgehead atoms. The highest BCUT2D eigenvalue weighted by atomic mass is 35.5. The van der Waals surface area contributed by atoms with Crippen LogP contribution in [0.5, 0.6) is 0 Å². The summed E-state index contributed by atoms with van der Waals surface area (Å²) in [6.07, 6.45) is 3.99. The van der Waals surface area contributed by atoms with Crippen molar-refractivity contribution in [2.45, 2.75) is 78.2 Å². The molecule has 1 N–H and O–H groups in total. The summed E-state index contributed by atoms with van der Waals surface area (Å²) < 4.78 is 0. The van der Waals surface area contributed by atoms with Gasteiger partial charge in [-0.2, -0.15) is 0 Å². The van der Waals surface area contributed by atoms with E-state index in [2.05, 4.69) is 47.9 Å². The van der Waals surface area contributed by atoms with Gasteiger partial charge in [-0.15, -0.1) is 11.3 Å². The van der Waals surface area contributed by atoms with Crippen molar-refractivity contribution in [2.24, 2.45) is 11.3 Å². The molecule has 3 aromatic rings. The zero-order valence-electron chi connectivity index (χ0n) is 26.1. The van der Waals surface area contributed by atoms with Crippen LogP contribution in [-0.2, 0) is 17.6 Å². The number of carboxylic acids is 1. The Labute approximate surface area is 271 Å². The van der Waals surface area contributed by atoms with Gasteiger partial charge in [-0.05, 0) is 79.8 Å². The van der Waals surface area contributed by atoms with Crippen molar-refractivity contribution in [3.8, 4) is 0 Å². The number of nitrogens with zero attached hydrogens (tertiary/aromatic N) is 3. The molecule has 0 radical (unpaired) electrons. The molecule has 3 unspecified atom stereocenters. The Balaban J connectivity index is 1.27. The topological polar surface area (TPSA) is 56.7 Å². The van der Waals surface area contributed by atoms with Crippen molar-refractivity contribution in [2.75, 3.05) is 32.7 Å². The van der Waals surface area contributed by atoms with Gasteiger partial charge in [-0.25, -0.2) is 4.98 Å². The Morgan fingerprint density at radius 3 is 2.47 bits per heavy atom. The van der Waals surface area contributed by atoms with Gasteiger partial charge in [0.05, 0.1) is 20.7 Å². The molecule has 3 atom stereocenters. The second-order valence-electron chi connectivity index (χ2n) is 13.6. The number of carboxylic acid groups (broad SMARTS) is 1. The minimum atomic E-state index is -0.716. The molecule has 2 aliphatic rings. The molecule has 8 heteroatoms. The number of halogens is 2. The first-order chi connectivity index (χ1) is 20.4. The van der Waals surface area contributed by atoms with E-state index >= 15 is 0 Å². The van der Waals surface area contributed by atoms with E-state index in [0.717, 1.165) is 69.0 Å². The van der Waals surface area contributed by atoms with Gasteiger partial charge in [0, 0.05) is 36.9 Å². The van der Waals surface area contributed by atoms with E-state index in [1.165, 1.54) is 21.7 Å². The fraction of sp³-hybridized carbons (Fsp3) is 0.543. The van der Waals surface area contributed by atoms with Gasteiger partial charge in [0.1, 0.15) is 6.04 Å². The van der Waals surface area contributed by atoms with Gasteiger partial charge in [0.15, 0.2) is 0 Å². The summed E-state index contributed by atoms with van der Waals surface area (Å²) >= 11 is 14.3. The van der Waals surface area contributed by atoms with Crippen LogP contribution in [0.3, 0.4) is 0 Å². The lowest BCUT2D eigenvalue weighted by Crippen LogP contribution is -2.48. The third-order valence-electron chi connectivity index (χ3n) is 9.26. The van der Waals surface area contributed by atoms with Crippen molar-refractivity contribution in [3.05, 3.63) is 84.8 Å². The van der Waals surface area contributed by atoms with Crippen LogP contribution in [0, 0.1) is 18.3 Å². The van der Waals surface area contributed by atoms with Crippen LogP contribution in [0.1, 0.15) is 84.6 Å². The van der Waals surface area contributed by atoms with Crippen LogP contribution in [0.2, 0.25) is 10.0 Å². The number of piperidine rings is 1. The number of likely N-dealkylation sites (tertiary alicyclic amines) is 2. The largest absolute Gasteiger partial charge is 0.480 e. The predicted octanol–water partition coefficient (Wildman–Crippen LogP) is 8.31. The molecule has 5 rings (SSSR count). The molecule has 2 saturated heterocycles. The SMILES string of the molecule is CCc1nc(Cc2ccc(Cl)c(Cl)c2)sc1C1CCN(CC2CN(C(C(=O)O)C(C)(C)C)CC2c2cccc(C)c2)CC1. The van der Waals surface area contributed by atoms with Crippen LogP contribution < -0.4 is 0 Å². The summed E-state index contributed by atoms with van der Waals surface area (Å²) in [5.41, 5.74) is 4.65. The van der Waals surface area contributed by atoms with Crippen molar-refractivity contribution in [1.29, 1.82) is 0 Å². The maximum atomic E-state index is 12.4. The molecule has 5 nitrogen and oxygen atoms in total. The van der Waals surface area contributed by atoms with E-state index in [0.29, 0.717) is 27.8 Å². The Hall–Kier alpha value is -1.96. The summed E-state index contributed by atoms with van der Waals surface area (Å²) in [7, 11) is 0. The lowest BCUT2D eigenvalue weighted by Gasteiger charge is -2.36. The van der Waals surface area contributed by atoms with Crippen molar-refractivity contribution in [1.82, 2.24) is 14.8 Å². The van der Waals surface area contributed by atoms with E-state index in [1.54, 1.807) is 0 Å². The van der Waals surface area contributed by atoms with Crippen LogP contribution >= 0.6 is 34.5 Å². The Kier molecular flexibility index (Phi) is 10.2. The maximum Gasteiger partial charge on any atom is 0.321 e. The van der Waals surface area contributed by atoms with Gasteiger partial charge < -0.3 is 10.0 Å². The van der Waals surface area contributed by atoms with Gasteiger partial charge >= 0.3 is 5.97 Å². The number of hydrogen-bond donors (Lipinski definition) is 1. The van der Waals surface area contributed by atoms with Gasteiger partial charge in [0.25, 0.3) is 0 Å². The predicted molar refractivity (Wildman–Crippen MR) is 179 cm³/mol. The van der Waals surface area contributed by atoms with Crippen LogP contribution in [-0.4, -0.2) is 64.6 Å². The van der Waals surface area contributed by atoms with Crippen LogP contribution in [0.25, 0.3) is 0 Å². The van der Waals surface area contributed by atoms with Crippen molar-refractivity contribution < 1.29 is 9.90 Å². The fourth-order valence-corrected chi connectivity index (χ4v) is 8.93. The summed E-state index contributed by atoms with van der Waals surface area (Å²) in [4.78, 5) is 23.8. The number of rotatable bonds is 9. The number of thiazole rings is 1. The lowest BCUT2D eigenvalue weighted by molar-refractivity contribution is -0.147. The highest BCUT2D eigenvalue weighted by molar-refractivity contribution is 7.11. The molecular formula is C35H45Cl2N3O2S. The van der Waals surface area contributed by atoms with Crippen LogP contribution in [0.4, 0.5) is 0 Å². The molecule has 0 amide bonds. The molecule has 232 valence electrons. The monoisotopic (exact) mass is 641 g/mol. The highest BCUT2D eigenvalue weighted by Gasteiger charge is 2.44. The van der Waals surface area contributed by atoms with Gasteiger partial charge in [-0.1, -0.05) is 86.8 Å². The summed E-state index contributed by atoms with van der Waals surface area (Å²) in [5, 5.41) is 12.5. The standard InChI is InChI=1S/C35H45Cl2N3O2S/c1-6-30-32(43-31(38-30)18-23-10-11-28(36)29(37)17-23)24-12-14-39(15-13-24)19-26-20-40(33(34(41)42)35(3,4)5)21-27(26)25-9-7-8-22(2)16-25/h7-11,16-17,24,26-27,33H,6,12-15,18-21H2,1-5H3,(H,41,42). The first kappa shape index (κ1) is 32.4. The minimum absolute atomic E-state index is 0.332. The number of aliphatic carboxylic acids is 1. The molecular weight excluding hydrogens is 597 g/mol. The fourth-order valence-electron chi connectivity index (χ4n) is 7.25. The van der Waals surface area contributed by atoms with E-state index in [9.17, 15) is 9.90 Å². The van der Waals surface area contributed by atoms with Gasteiger partial charge in [0.2, 0.25) is 0 Å².